The van der Waals surface area contributed by atoms with Crippen LogP contribution in [0.3, 0.4) is 0 Å². The van der Waals surface area contributed by atoms with Crippen molar-refractivity contribution in [1.82, 2.24) is 15.5 Å². The molecule has 2 fully saturated rings. The first-order valence-electron chi connectivity index (χ1n) is 12.4. The topological polar surface area (TPSA) is 90.9 Å². The van der Waals surface area contributed by atoms with Gasteiger partial charge in [0.15, 0.2) is 0 Å². The second-order valence-corrected chi connectivity index (χ2v) is 9.59. The van der Waals surface area contributed by atoms with E-state index in [1.807, 2.05) is 37.3 Å². The second kappa shape index (κ2) is 11.9. The molecule has 0 saturated carbocycles. The van der Waals surface area contributed by atoms with Gasteiger partial charge in [-0.05, 0) is 43.0 Å². The standard InChI is InChI=1S/C27H33F2N3O4/c1-2-32-15-19(11-25(32)33)27(35)31-24(10-18-8-20(28)12-21(29)9-18)26(34)23-13-22(14-30-23)36-16-17-6-4-3-5-7-17/h3-9,12,19,22-24,26,30,34H,2,10-11,13-16H2,1H3,(H,31,35)/t19?,22-,23-,24+,26-/m1/s1. The van der Waals surface area contributed by atoms with Crippen molar-refractivity contribution >= 4 is 11.8 Å². The van der Waals surface area contributed by atoms with Gasteiger partial charge in [0.05, 0.1) is 30.8 Å². The molecule has 1 unspecified atom stereocenters. The molecule has 2 amide bonds. The second-order valence-electron chi connectivity index (χ2n) is 9.59. The molecule has 9 heteroatoms. The minimum atomic E-state index is -1.04. The van der Waals surface area contributed by atoms with Gasteiger partial charge in [0.2, 0.25) is 11.8 Å². The minimum Gasteiger partial charge on any atom is -0.389 e. The van der Waals surface area contributed by atoms with Gasteiger partial charge in [-0.3, -0.25) is 9.59 Å². The molecule has 4 rings (SSSR count). The molecular weight excluding hydrogens is 468 g/mol. The van der Waals surface area contributed by atoms with E-state index in [1.54, 1.807) is 4.90 Å². The lowest BCUT2D eigenvalue weighted by molar-refractivity contribution is -0.129. The van der Waals surface area contributed by atoms with Gasteiger partial charge in [0.1, 0.15) is 11.6 Å². The Morgan fingerprint density at radius 3 is 2.58 bits per heavy atom. The molecule has 7 nitrogen and oxygen atoms in total. The highest BCUT2D eigenvalue weighted by atomic mass is 19.1. The fourth-order valence-corrected chi connectivity index (χ4v) is 4.98. The van der Waals surface area contributed by atoms with E-state index in [0.29, 0.717) is 38.2 Å². The molecular formula is C27H33F2N3O4. The van der Waals surface area contributed by atoms with E-state index in [9.17, 15) is 23.5 Å². The zero-order valence-corrected chi connectivity index (χ0v) is 20.3. The average molecular weight is 502 g/mol. The number of aliphatic hydroxyl groups excluding tert-OH is 1. The van der Waals surface area contributed by atoms with Crippen molar-refractivity contribution in [3.8, 4) is 0 Å². The van der Waals surface area contributed by atoms with E-state index in [0.717, 1.165) is 11.6 Å². The molecule has 0 radical (unpaired) electrons. The molecule has 0 spiro atoms. The zero-order chi connectivity index (χ0) is 25.7. The van der Waals surface area contributed by atoms with Gasteiger partial charge in [0.25, 0.3) is 0 Å². The number of nitrogens with one attached hydrogen (secondary N) is 2. The third-order valence-corrected chi connectivity index (χ3v) is 6.95. The Balaban J connectivity index is 1.42. The highest BCUT2D eigenvalue weighted by Crippen LogP contribution is 2.22. The summed E-state index contributed by atoms with van der Waals surface area (Å²) in [7, 11) is 0. The molecule has 2 aliphatic heterocycles. The smallest absolute Gasteiger partial charge is 0.225 e. The van der Waals surface area contributed by atoms with Crippen LogP contribution in [0, 0.1) is 17.6 Å². The summed E-state index contributed by atoms with van der Waals surface area (Å²) in [5.41, 5.74) is 1.37. The quantitative estimate of drug-likeness (QED) is 0.464. The Labute approximate surface area is 209 Å². The number of amides is 2. The first kappa shape index (κ1) is 26.2. The lowest BCUT2D eigenvalue weighted by atomic mass is 9.94. The van der Waals surface area contributed by atoms with Crippen molar-refractivity contribution < 1.29 is 28.2 Å². The zero-order valence-electron chi connectivity index (χ0n) is 20.3. The summed E-state index contributed by atoms with van der Waals surface area (Å²) < 4.78 is 33.7. The van der Waals surface area contributed by atoms with Crippen molar-refractivity contribution in [3.05, 3.63) is 71.3 Å². The van der Waals surface area contributed by atoms with Crippen LogP contribution in [0.4, 0.5) is 8.78 Å². The van der Waals surface area contributed by atoms with Crippen molar-refractivity contribution in [3.63, 3.8) is 0 Å². The number of nitrogens with zero attached hydrogens (tertiary/aromatic N) is 1. The van der Waals surface area contributed by atoms with Gasteiger partial charge in [-0.25, -0.2) is 8.78 Å². The van der Waals surface area contributed by atoms with Gasteiger partial charge >= 0.3 is 0 Å². The predicted molar refractivity (Wildman–Crippen MR) is 130 cm³/mol. The Hall–Kier alpha value is -2.88. The van der Waals surface area contributed by atoms with E-state index >= 15 is 0 Å². The Bertz CT molecular complexity index is 1030. The highest BCUT2D eigenvalue weighted by Gasteiger charge is 2.38. The SMILES string of the molecule is CCN1CC(C(=O)N[C@@H](Cc2cc(F)cc(F)c2)[C@H](O)[C@H]2C[C@@H](OCc3ccccc3)CN2)CC1=O. The van der Waals surface area contributed by atoms with E-state index < -0.39 is 29.7 Å². The summed E-state index contributed by atoms with van der Waals surface area (Å²) in [6, 6.07) is 11.8. The summed E-state index contributed by atoms with van der Waals surface area (Å²) >= 11 is 0. The maximum absolute atomic E-state index is 13.8. The molecule has 3 N–H and O–H groups in total. The molecule has 2 aliphatic rings. The fourth-order valence-electron chi connectivity index (χ4n) is 4.98. The molecule has 2 saturated heterocycles. The highest BCUT2D eigenvalue weighted by molar-refractivity contribution is 5.89. The normalized spacial score (nSPS) is 23.6. The van der Waals surface area contributed by atoms with Gasteiger partial charge in [-0.15, -0.1) is 0 Å². The molecule has 0 bridgehead atoms. The number of ether oxygens (including phenoxy) is 1. The number of carbonyl (C=O) groups excluding carboxylic acids is 2. The van der Waals surface area contributed by atoms with E-state index in [1.165, 1.54) is 12.1 Å². The van der Waals surface area contributed by atoms with Crippen molar-refractivity contribution in [2.24, 2.45) is 5.92 Å². The lowest BCUT2D eigenvalue weighted by Gasteiger charge is -2.29. The van der Waals surface area contributed by atoms with Gasteiger partial charge in [-0.1, -0.05) is 30.3 Å². The van der Waals surface area contributed by atoms with E-state index in [2.05, 4.69) is 10.6 Å². The van der Waals surface area contributed by atoms with Gasteiger partial charge in [-0.2, -0.15) is 0 Å². The molecule has 2 aromatic carbocycles. The van der Waals surface area contributed by atoms with E-state index in [4.69, 9.17) is 4.74 Å². The first-order chi connectivity index (χ1) is 17.3. The molecule has 194 valence electrons. The number of hydrogen-bond acceptors (Lipinski definition) is 5. The number of hydrogen-bond donors (Lipinski definition) is 3. The van der Waals surface area contributed by atoms with Crippen LogP contribution in [0.15, 0.2) is 48.5 Å². The molecule has 36 heavy (non-hydrogen) atoms. The summed E-state index contributed by atoms with van der Waals surface area (Å²) in [6.07, 6.45) is -0.506. The monoisotopic (exact) mass is 501 g/mol. The number of carbonyl (C=O) groups is 2. The minimum absolute atomic E-state index is 0.0352. The first-order valence-corrected chi connectivity index (χ1v) is 12.4. The van der Waals surface area contributed by atoms with E-state index in [-0.39, 0.29) is 36.8 Å². The fraction of sp³-hybridized carbons (Fsp3) is 0.481. The van der Waals surface area contributed by atoms with Gasteiger partial charge < -0.3 is 25.4 Å². The summed E-state index contributed by atoms with van der Waals surface area (Å²) in [6.45, 7) is 3.67. The van der Waals surface area contributed by atoms with Crippen molar-refractivity contribution in [1.29, 1.82) is 0 Å². The van der Waals surface area contributed by atoms with Crippen molar-refractivity contribution in [2.75, 3.05) is 19.6 Å². The van der Waals surface area contributed by atoms with Crippen molar-refractivity contribution in [2.45, 2.75) is 57.1 Å². The lowest BCUT2D eigenvalue weighted by Crippen LogP contribution is -2.53. The molecule has 2 aromatic rings. The largest absolute Gasteiger partial charge is 0.389 e. The van der Waals surface area contributed by atoms with Crippen LogP contribution >= 0.6 is 0 Å². The van der Waals surface area contributed by atoms with Crippen LogP contribution in [-0.4, -0.2) is 65.7 Å². The predicted octanol–water partition coefficient (Wildman–Crippen LogP) is 2.17. The molecule has 2 heterocycles. The number of benzene rings is 2. The number of likely N-dealkylation sites (tertiary alicyclic amines) is 1. The Kier molecular flexibility index (Phi) is 8.66. The summed E-state index contributed by atoms with van der Waals surface area (Å²) in [5.74, 6) is -2.42. The van der Waals surface area contributed by atoms with Crippen LogP contribution in [-0.2, 0) is 27.4 Å². The average Bonchev–Trinajstić information content (AvgIpc) is 3.48. The van der Waals surface area contributed by atoms with Crippen LogP contribution < -0.4 is 10.6 Å². The summed E-state index contributed by atoms with van der Waals surface area (Å²) in [5, 5.41) is 17.4. The third kappa shape index (κ3) is 6.66. The number of rotatable bonds is 10. The van der Waals surface area contributed by atoms with Crippen LogP contribution in [0.5, 0.6) is 0 Å². The van der Waals surface area contributed by atoms with Crippen LogP contribution in [0.1, 0.15) is 30.9 Å². The molecule has 5 atom stereocenters. The maximum atomic E-state index is 13.8. The Morgan fingerprint density at radius 2 is 1.92 bits per heavy atom. The Morgan fingerprint density at radius 1 is 1.19 bits per heavy atom. The van der Waals surface area contributed by atoms with Crippen LogP contribution in [0.25, 0.3) is 0 Å². The van der Waals surface area contributed by atoms with Crippen LogP contribution in [0.2, 0.25) is 0 Å². The van der Waals surface area contributed by atoms with Gasteiger partial charge in [0, 0.05) is 38.2 Å². The molecule has 0 aromatic heterocycles. The summed E-state index contributed by atoms with van der Waals surface area (Å²) in [4.78, 5) is 26.8. The number of halogens is 2. The maximum Gasteiger partial charge on any atom is 0.225 e. The third-order valence-electron chi connectivity index (χ3n) is 6.95. The molecule has 0 aliphatic carbocycles. The number of aliphatic hydroxyl groups is 1.